The van der Waals surface area contributed by atoms with Crippen molar-refractivity contribution in [3.05, 3.63) is 48.3 Å². The molecule has 0 aliphatic rings. The van der Waals surface area contributed by atoms with Gasteiger partial charge in [0.2, 0.25) is 0 Å². The summed E-state index contributed by atoms with van der Waals surface area (Å²) in [6.07, 6.45) is 2.15. The van der Waals surface area contributed by atoms with E-state index in [1.807, 2.05) is 37.3 Å². The Kier molecular flexibility index (Phi) is 4.25. The topological polar surface area (TPSA) is 46.9 Å². The number of Topliss-reactive ketones (excluding diaryl/α,β-unsaturated/α-hetero) is 1. The van der Waals surface area contributed by atoms with Crippen LogP contribution in [0.5, 0.6) is 0 Å². The van der Waals surface area contributed by atoms with Crippen LogP contribution < -0.4 is 5.32 Å². The van der Waals surface area contributed by atoms with Gasteiger partial charge >= 0.3 is 0 Å². The molecule has 0 saturated carbocycles. The minimum atomic E-state index is 0.109. The lowest BCUT2D eigenvalue weighted by atomic mass is 10.2. The minimum absolute atomic E-state index is 0.109. The number of hydrogen-bond donors (Lipinski definition) is 1. The lowest BCUT2D eigenvalue weighted by Crippen LogP contribution is -2.19. The summed E-state index contributed by atoms with van der Waals surface area (Å²) in [6.45, 7) is 3.61. The quantitative estimate of drug-likeness (QED) is 0.624. The monoisotopic (exact) mass is 243 g/mol. The molecule has 94 valence electrons. The summed E-state index contributed by atoms with van der Waals surface area (Å²) in [7, 11) is 0. The summed E-state index contributed by atoms with van der Waals surface area (Å²) in [5.41, 5.74) is 1.55. The van der Waals surface area contributed by atoms with Gasteiger partial charge in [0.05, 0.1) is 11.9 Å². The molecule has 0 fully saturated rings. The summed E-state index contributed by atoms with van der Waals surface area (Å²) in [6, 6.07) is 11.5. The first kappa shape index (κ1) is 12.5. The van der Waals surface area contributed by atoms with Gasteiger partial charge in [0.15, 0.2) is 5.78 Å². The predicted octanol–water partition coefficient (Wildman–Crippen LogP) is 2.05. The molecule has 0 unspecified atom stereocenters. The minimum Gasteiger partial charge on any atom is -0.317 e. The molecule has 1 heterocycles. The molecule has 0 spiro atoms. The Morgan fingerprint density at radius 1 is 1.28 bits per heavy atom. The second-order valence-corrected chi connectivity index (χ2v) is 3.99. The van der Waals surface area contributed by atoms with Crippen LogP contribution in [0.4, 0.5) is 0 Å². The van der Waals surface area contributed by atoms with Crippen LogP contribution in [0.25, 0.3) is 5.69 Å². The molecule has 0 aliphatic carbocycles. The number of rotatable bonds is 6. The van der Waals surface area contributed by atoms with E-state index in [9.17, 15) is 4.79 Å². The molecule has 4 nitrogen and oxygen atoms in total. The Balaban J connectivity index is 2.15. The van der Waals surface area contributed by atoms with Crippen molar-refractivity contribution in [2.45, 2.75) is 13.3 Å². The van der Waals surface area contributed by atoms with E-state index in [4.69, 9.17) is 0 Å². The van der Waals surface area contributed by atoms with E-state index in [-0.39, 0.29) is 5.78 Å². The molecule has 0 saturated heterocycles. The third kappa shape index (κ3) is 2.84. The van der Waals surface area contributed by atoms with Crippen LogP contribution in [0.2, 0.25) is 0 Å². The molecule has 1 aromatic heterocycles. The average Bonchev–Trinajstić information content (AvgIpc) is 2.89. The average molecular weight is 243 g/mol. The van der Waals surface area contributed by atoms with Gasteiger partial charge in [0, 0.05) is 13.0 Å². The van der Waals surface area contributed by atoms with Crippen LogP contribution in [0, 0.1) is 0 Å². The number of carbonyl (C=O) groups excluding carboxylic acids is 1. The highest BCUT2D eigenvalue weighted by atomic mass is 16.1. The predicted molar refractivity (Wildman–Crippen MR) is 71.1 cm³/mol. The molecule has 1 aromatic carbocycles. The van der Waals surface area contributed by atoms with Crippen molar-refractivity contribution < 1.29 is 4.79 Å². The number of nitrogens with one attached hydrogen (secondary N) is 1. The molecule has 0 bridgehead atoms. The van der Waals surface area contributed by atoms with E-state index < -0.39 is 0 Å². The number of hydrogen-bond acceptors (Lipinski definition) is 3. The standard InChI is InChI=1S/C14H17N3O/c1-2-15-10-9-14(18)13-8-11-16-17(13)12-6-4-3-5-7-12/h3-8,11,15H,2,9-10H2,1H3. The van der Waals surface area contributed by atoms with Gasteiger partial charge in [-0.15, -0.1) is 0 Å². The van der Waals surface area contributed by atoms with E-state index in [2.05, 4.69) is 10.4 Å². The van der Waals surface area contributed by atoms with Crippen molar-refractivity contribution in [1.82, 2.24) is 15.1 Å². The molecule has 0 atom stereocenters. The summed E-state index contributed by atoms with van der Waals surface area (Å²) in [5.74, 6) is 0.109. The first-order valence-electron chi connectivity index (χ1n) is 6.16. The maximum Gasteiger partial charge on any atom is 0.182 e. The fourth-order valence-corrected chi connectivity index (χ4v) is 1.80. The van der Waals surface area contributed by atoms with Crippen molar-refractivity contribution in [3.63, 3.8) is 0 Å². The summed E-state index contributed by atoms with van der Waals surface area (Å²) in [4.78, 5) is 12.1. The smallest absolute Gasteiger partial charge is 0.182 e. The van der Waals surface area contributed by atoms with Gasteiger partial charge in [-0.1, -0.05) is 25.1 Å². The first-order valence-corrected chi connectivity index (χ1v) is 6.16. The zero-order valence-electron chi connectivity index (χ0n) is 10.5. The number of para-hydroxylation sites is 1. The van der Waals surface area contributed by atoms with Crippen LogP contribution in [0.1, 0.15) is 23.8 Å². The fourth-order valence-electron chi connectivity index (χ4n) is 1.80. The molecule has 2 aromatic rings. The van der Waals surface area contributed by atoms with E-state index in [0.29, 0.717) is 18.7 Å². The Morgan fingerprint density at radius 2 is 2.06 bits per heavy atom. The van der Waals surface area contributed by atoms with Gasteiger partial charge in [0.25, 0.3) is 0 Å². The Morgan fingerprint density at radius 3 is 2.78 bits per heavy atom. The van der Waals surface area contributed by atoms with E-state index >= 15 is 0 Å². The molecule has 0 aliphatic heterocycles. The largest absolute Gasteiger partial charge is 0.317 e. The number of aromatic nitrogens is 2. The number of ketones is 1. The second-order valence-electron chi connectivity index (χ2n) is 3.99. The van der Waals surface area contributed by atoms with Crippen LogP contribution in [-0.2, 0) is 0 Å². The van der Waals surface area contributed by atoms with Crippen LogP contribution in [-0.4, -0.2) is 28.7 Å². The number of carbonyl (C=O) groups is 1. The fraction of sp³-hybridized carbons (Fsp3) is 0.286. The third-order valence-electron chi connectivity index (χ3n) is 2.71. The van der Waals surface area contributed by atoms with Gasteiger partial charge in [-0.2, -0.15) is 5.10 Å². The van der Waals surface area contributed by atoms with Crippen LogP contribution in [0.15, 0.2) is 42.6 Å². The second kappa shape index (κ2) is 6.12. The molecule has 1 N–H and O–H groups in total. The Labute approximate surface area is 107 Å². The Bertz CT molecular complexity index is 505. The lowest BCUT2D eigenvalue weighted by molar-refractivity contribution is 0.0975. The number of benzene rings is 1. The van der Waals surface area contributed by atoms with E-state index in [1.54, 1.807) is 16.9 Å². The molecule has 18 heavy (non-hydrogen) atoms. The SMILES string of the molecule is CCNCCC(=O)c1ccnn1-c1ccccc1. The summed E-state index contributed by atoms with van der Waals surface area (Å²) < 4.78 is 1.69. The van der Waals surface area contributed by atoms with E-state index in [1.165, 1.54) is 0 Å². The van der Waals surface area contributed by atoms with Gasteiger partial charge in [-0.25, -0.2) is 4.68 Å². The zero-order chi connectivity index (χ0) is 12.8. The maximum absolute atomic E-state index is 12.1. The first-order chi connectivity index (χ1) is 8.83. The summed E-state index contributed by atoms with van der Waals surface area (Å²) >= 11 is 0. The van der Waals surface area contributed by atoms with Gasteiger partial charge in [0.1, 0.15) is 5.69 Å². The molecule has 4 heteroatoms. The lowest BCUT2D eigenvalue weighted by Gasteiger charge is -2.06. The number of nitrogens with zero attached hydrogens (tertiary/aromatic N) is 2. The van der Waals surface area contributed by atoms with Gasteiger partial charge < -0.3 is 5.32 Å². The third-order valence-corrected chi connectivity index (χ3v) is 2.71. The highest BCUT2D eigenvalue weighted by molar-refractivity contribution is 5.95. The molecule has 0 amide bonds. The molecular formula is C14H17N3O. The van der Waals surface area contributed by atoms with Crippen molar-refractivity contribution in [2.24, 2.45) is 0 Å². The normalized spacial score (nSPS) is 10.5. The van der Waals surface area contributed by atoms with Crippen molar-refractivity contribution in [2.75, 3.05) is 13.1 Å². The molecular weight excluding hydrogens is 226 g/mol. The molecule has 0 radical (unpaired) electrons. The zero-order valence-corrected chi connectivity index (χ0v) is 10.5. The Hall–Kier alpha value is -1.94. The van der Waals surface area contributed by atoms with Gasteiger partial charge in [-0.3, -0.25) is 4.79 Å². The van der Waals surface area contributed by atoms with Crippen LogP contribution >= 0.6 is 0 Å². The summed E-state index contributed by atoms with van der Waals surface area (Å²) in [5, 5.41) is 7.36. The van der Waals surface area contributed by atoms with Crippen molar-refractivity contribution in [1.29, 1.82) is 0 Å². The van der Waals surface area contributed by atoms with Crippen molar-refractivity contribution >= 4 is 5.78 Å². The van der Waals surface area contributed by atoms with E-state index in [0.717, 1.165) is 12.2 Å². The molecule has 2 rings (SSSR count). The van der Waals surface area contributed by atoms with Gasteiger partial charge in [-0.05, 0) is 24.7 Å². The van der Waals surface area contributed by atoms with Crippen LogP contribution in [0.3, 0.4) is 0 Å². The van der Waals surface area contributed by atoms with Crippen molar-refractivity contribution in [3.8, 4) is 5.69 Å². The highest BCUT2D eigenvalue weighted by Crippen LogP contribution is 2.11. The highest BCUT2D eigenvalue weighted by Gasteiger charge is 2.12. The maximum atomic E-state index is 12.1.